The summed E-state index contributed by atoms with van der Waals surface area (Å²) >= 11 is 0. The van der Waals surface area contributed by atoms with Gasteiger partial charge in [0.15, 0.2) is 0 Å². The molecule has 0 aliphatic heterocycles. The summed E-state index contributed by atoms with van der Waals surface area (Å²) in [5.41, 5.74) is 0.0477. The highest BCUT2D eigenvalue weighted by molar-refractivity contribution is 5.47. The Morgan fingerprint density at radius 3 is 2.50 bits per heavy atom. The Labute approximate surface area is 112 Å². The van der Waals surface area contributed by atoms with Crippen LogP contribution in [-0.2, 0) is 0 Å². The van der Waals surface area contributed by atoms with Gasteiger partial charge in [-0.1, -0.05) is 19.4 Å². The lowest BCUT2D eigenvalue weighted by Gasteiger charge is -2.25. The number of nitrogens with zero attached hydrogens (tertiary/aromatic N) is 2. The van der Waals surface area contributed by atoms with Crippen LogP contribution in [-0.4, -0.2) is 23.6 Å². The first-order valence-electron chi connectivity index (χ1n) is 6.96. The summed E-state index contributed by atoms with van der Waals surface area (Å²) in [4.78, 5) is 7.03. The standard InChI is InChI=1S/C15H27N3/c1-6-8-12-18(7-2)14-11-9-10-13(16-14)17-15(3,4)5/h9-11H,6-8,12H2,1-5H3,(H,16,17). The first-order valence-corrected chi connectivity index (χ1v) is 6.96. The van der Waals surface area contributed by atoms with E-state index >= 15 is 0 Å². The molecule has 0 aliphatic carbocycles. The maximum absolute atomic E-state index is 4.70. The second kappa shape index (κ2) is 6.62. The number of nitrogens with one attached hydrogen (secondary N) is 1. The van der Waals surface area contributed by atoms with Crippen LogP contribution in [0.1, 0.15) is 47.5 Å². The SMILES string of the molecule is CCCCN(CC)c1cccc(NC(C)(C)C)n1. The average molecular weight is 249 g/mol. The van der Waals surface area contributed by atoms with Gasteiger partial charge in [-0.2, -0.15) is 0 Å². The molecule has 1 aromatic heterocycles. The zero-order valence-electron chi connectivity index (χ0n) is 12.5. The van der Waals surface area contributed by atoms with Gasteiger partial charge in [-0.15, -0.1) is 0 Å². The Morgan fingerprint density at radius 1 is 1.22 bits per heavy atom. The largest absolute Gasteiger partial charge is 0.365 e. The summed E-state index contributed by atoms with van der Waals surface area (Å²) < 4.78 is 0. The highest BCUT2D eigenvalue weighted by atomic mass is 15.2. The molecule has 0 spiro atoms. The van der Waals surface area contributed by atoms with Crippen LogP contribution in [0.25, 0.3) is 0 Å². The fraction of sp³-hybridized carbons (Fsp3) is 0.667. The van der Waals surface area contributed by atoms with Crippen molar-refractivity contribution in [1.29, 1.82) is 0 Å². The van der Waals surface area contributed by atoms with Gasteiger partial charge in [0.2, 0.25) is 0 Å². The zero-order valence-corrected chi connectivity index (χ0v) is 12.5. The van der Waals surface area contributed by atoms with E-state index < -0.39 is 0 Å². The first-order chi connectivity index (χ1) is 8.46. The van der Waals surface area contributed by atoms with E-state index in [9.17, 15) is 0 Å². The number of unbranched alkanes of at least 4 members (excludes halogenated alkanes) is 1. The van der Waals surface area contributed by atoms with Gasteiger partial charge >= 0.3 is 0 Å². The van der Waals surface area contributed by atoms with Crippen molar-refractivity contribution in [1.82, 2.24) is 4.98 Å². The van der Waals surface area contributed by atoms with Crippen LogP contribution in [0, 0.1) is 0 Å². The van der Waals surface area contributed by atoms with Crippen LogP contribution < -0.4 is 10.2 Å². The lowest BCUT2D eigenvalue weighted by Crippen LogP contribution is -2.28. The van der Waals surface area contributed by atoms with E-state index in [1.165, 1.54) is 12.8 Å². The molecule has 0 radical (unpaired) electrons. The summed E-state index contributed by atoms with van der Waals surface area (Å²) in [6.45, 7) is 12.9. The number of hydrogen-bond donors (Lipinski definition) is 1. The summed E-state index contributed by atoms with van der Waals surface area (Å²) in [5.74, 6) is 2.02. The first kappa shape index (κ1) is 14.8. The molecule has 1 aromatic rings. The van der Waals surface area contributed by atoms with Crippen LogP contribution in [0.4, 0.5) is 11.6 Å². The van der Waals surface area contributed by atoms with Crippen LogP contribution in [0.5, 0.6) is 0 Å². The van der Waals surface area contributed by atoms with E-state index in [0.717, 1.165) is 24.7 Å². The monoisotopic (exact) mass is 249 g/mol. The van der Waals surface area contributed by atoms with Gasteiger partial charge in [-0.25, -0.2) is 4.98 Å². The van der Waals surface area contributed by atoms with Crippen molar-refractivity contribution in [3.8, 4) is 0 Å². The minimum atomic E-state index is 0.0477. The van der Waals surface area contributed by atoms with Gasteiger partial charge in [0.25, 0.3) is 0 Å². The Hall–Kier alpha value is -1.25. The van der Waals surface area contributed by atoms with Crippen molar-refractivity contribution in [2.45, 2.75) is 53.0 Å². The fourth-order valence-corrected chi connectivity index (χ4v) is 1.84. The van der Waals surface area contributed by atoms with Crippen LogP contribution in [0.2, 0.25) is 0 Å². The second-order valence-corrected chi connectivity index (χ2v) is 5.69. The van der Waals surface area contributed by atoms with Crippen molar-refractivity contribution in [2.75, 3.05) is 23.3 Å². The van der Waals surface area contributed by atoms with E-state index in [2.05, 4.69) is 57.0 Å². The molecular formula is C15H27N3. The fourth-order valence-electron chi connectivity index (χ4n) is 1.84. The van der Waals surface area contributed by atoms with Gasteiger partial charge in [0.1, 0.15) is 11.6 Å². The third kappa shape index (κ3) is 4.94. The van der Waals surface area contributed by atoms with Crippen molar-refractivity contribution < 1.29 is 0 Å². The number of aromatic nitrogens is 1. The number of rotatable bonds is 6. The molecule has 3 nitrogen and oxygen atoms in total. The Bertz CT molecular complexity index is 355. The van der Waals surface area contributed by atoms with Crippen molar-refractivity contribution >= 4 is 11.6 Å². The molecule has 1 N–H and O–H groups in total. The Kier molecular flexibility index (Phi) is 5.45. The van der Waals surface area contributed by atoms with Crippen LogP contribution in [0.15, 0.2) is 18.2 Å². The molecule has 102 valence electrons. The Balaban J connectivity index is 2.79. The molecule has 0 unspecified atom stereocenters. The van der Waals surface area contributed by atoms with E-state index in [4.69, 9.17) is 4.98 Å². The number of pyridine rings is 1. The molecule has 0 atom stereocenters. The molecule has 0 amide bonds. The maximum Gasteiger partial charge on any atom is 0.130 e. The average Bonchev–Trinajstić information content (AvgIpc) is 2.28. The third-order valence-corrected chi connectivity index (χ3v) is 2.72. The van der Waals surface area contributed by atoms with Crippen molar-refractivity contribution in [3.05, 3.63) is 18.2 Å². The van der Waals surface area contributed by atoms with E-state index in [-0.39, 0.29) is 5.54 Å². The summed E-state index contributed by atoms with van der Waals surface area (Å²) in [5, 5.41) is 3.42. The third-order valence-electron chi connectivity index (χ3n) is 2.72. The quantitative estimate of drug-likeness (QED) is 0.828. The molecule has 0 fully saturated rings. The van der Waals surface area contributed by atoms with Gasteiger partial charge in [0.05, 0.1) is 0 Å². The molecule has 0 saturated heterocycles. The van der Waals surface area contributed by atoms with Gasteiger partial charge in [0, 0.05) is 18.6 Å². The van der Waals surface area contributed by atoms with Crippen molar-refractivity contribution in [2.24, 2.45) is 0 Å². The molecule has 1 rings (SSSR count). The highest BCUT2D eigenvalue weighted by Gasteiger charge is 2.11. The zero-order chi connectivity index (χ0) is 13.6. The maximum atomic E-state index is 4.70. The number of anilines is 2. The van der Waals surface area contributed by atoms with Gasteiger partial charge in [-0.05, 0) is 46.2 Å². The topological polar surface area (TPSA) is 28.2 Å². The van der Waals surface area contributed by atoms with Crippen LogP contribution >= 0.6 is 0 Å². The Morgan fingerprint density at radius 2 is 1.94 bits per heavy atom. The molecule has 18 heavy (non-hydrogen) atoms. The minimum Gasteiger partial charge on any atom is -0.365 e. The van der Waals surface area contributed by atoms with Crippen LogP contribution in [0.3, 0.4) is 0 Å². The lowest BCUT2D eigenvalue weighted by molar-refractivity contribution is 0.630. The molecule has 0 bridgehead atoms. The minimum absolute atomic E-state index is 0.0477. The summed E-state index contributed by atoms with van der Waals surface area (Å²) in [6, 6.07) is 6.19. The molecule has 0 aromatic carbocycles. The number of hydrogen-bond acceptors (Lipinski definition) is 3. The molecular weight excluding hydrogens is 222 g/mol. The van der Waals surface area contributed by atoms with Gasteiger partial charge < -0.3 is 10.2 Å². The summed E-state index contributed by atoms with van der Waals surface area (Å²) in [7, 11) is 0. The van der Waals surface area contributed by atoms with E-state index in [0.29, 0.717) is 0 Å². The van der Waals surface area contributed by atoms with E-state index in [1.54, 1.807) is 0 Å². The normalized spacial score (nSPS) is 11.4. The van der Waals surface area contributed by atoms with Crippen molar-refractivity contribution in [3.63, 3.8) is 0 Å². The molecule has 0 aliphatic rings. The summed E-state index contributed by atoms with van der Waals surface area (Å²) in [6.07, 6.45) is 2.43. The smallest absolute Gasteiger partial charge is 0.130 e. The predicted molar refractivity (Wildman–Crippen MR) is 80.4 cm³/mol. The second-order valence-electron chi connectivity index (χ2n) is 5.69. The van der Waals surface area contributed by atoms with Gasteiger partial charge in [-0.3, -0.25) is 0 Å². The molecule has 0 saturated carbocycles. The molecule has 1 heterocycles. The predicted octanol–water partition coefficient (Wildman–Crippen LogP) is 3.92. The molecule has 3 heteroatoms. The lowest BCUT2D eigenvalue weighted by atomic mass is 10.1. The highest BCUT2D eigenvalue weighted by Crippen LogP contribution is 2.17. The van der Waals surface area contributed by atoms with E-state index in [1.807, 2.05) is 6.07 Å².